The summed E-state index contributed by atoms with van der Waals surface area (Å²) in [4.78, 5) is 9.17. The van der Waals surface area contributed by atoms with E-state index in [4.69, 9.17) is 0 Å². The van der Waals surface area contributed by atoms with Gasteiger partial charge in [0.15, 0.2) is 0 Å². The first-order valence-electron chi connectivity index (χ1n) is 5.66. The lowest BCUT2D eigenvalue weighted by Crippen LogP contribution is -2.21. The summed E-state index contributed by atoms with van der Waals surface area (Å²) in [5.74, 6) is 1.85. The molecule has 1 heteroatoms. The molecule has 0 heterocycles. The fourth-order valence-corrected chi connectivity index (χ4v) is 2.74. The molecule has 0 N–H and O–H groups in total. The lowest BCUT2D eigenvalue weighted by molar-refractivity contribution is -0.107. The molecule has 0 radical (unpaired) electrons. The Kier molecular flexibility index (Phi) is 3.52. The van der Waals surface area contributed by atoms with Gasteiger partial charge in [-0.2, -0.15) is 0 Å². The van der Waals surface area contributed by atoms with E-state index in [0.717, 1.165) is 18.1 Å². The largest absolute Gasteiger partial charge is 0.303 e. The Hall–Kier alpha value is -0.590. The molecule has 2 rings (SSSR count). The number of allylic oxidation sites excluding steroid dienone is 1. The molecule has 2 aliphatic carbocycles. The first-order valence-corrected chi connectivity index (χ1v) is 5.66. The van der Waals surface area contributed by atoms with Crippen LogP contribution in [0.2, 0.25) is 0 Å². The molecular weight excluding hydrogens is 172 g/mol. The van der Waals surface area contributed by atoms with Crippen LogP contribution in [0.4, 0.5) is 0 Å². The highest BCUT2D eigenvalue weighted by molar-refractivity contribution is 5.48. The number of rotatable bonds is 1. The van der Waals surface area contributed by atoms with Crippen molar-refractivity contribution in [1.29, 1.82) is 0 Å². The van der Waals surface area contributed by atoms with E-state index in [-0.39, 0.29) is 0 Å². The van der Waals surface area contributed by atoms with Crippen LogP contribution in [0.5, 0.6) is 0 Å². The first kappa shape index (κ1) is 11.5. The van der Waals surface area contributed by atoms with Crippen molar-refractivity contribution in [2.75, 3.05) is 0 Å². The maximum atomic E-state index is 9.17. The van der Waals surface area contributed by atoms with Crippen molar-refractivity contribution in [3.63, 3.8) is 0 Å². The summed E-state index contributed by atoms with van der Waals surface area (Å²) in [7, 11) is 0. The summed E-state index contributed by atoms with van der Waals surface area (Å²) >= 11 is 0. The second-order valence-electron chi connectivity index (χ2n) is 5.03. The number of fused-ring (bicyclic) bond motifs is 2. The summed E-state index contributed by atoms with van der Waals surface area (Å²) in [6.07, 6.45) is 5.83. The summed E-state index contributed by atoms with van der Waals surface area (Å²) in [5, 5.41) is 0. The summed E-state index contributed by atoms with van der Waals surface area (Å²) in [6.45, 7) is 10.7. The molecule has 0 aromatic rings. The zero-order valence-electron chi connectivity index (χ0n) is 9.68. The van der Waals surface area contributed by atoms with Gasteiger partial charge in [-0.3, -0.25) is 0 Å². The molecule has 1 nitrogen and oxygen atoms in total. The molecule has 2 bridgehead atoms. The van der Waals surface area contributed by atoms with E-state index in [1.807, 2.05) is 6.92 Å². The van der Waals surface area contributed by atoms with E-state index < -0.39 is 0 Å². The number of aldehydes is 1. The van der Waals surface area contributed by atoms with Gasteiger partial charge in [0, 0.05) is 6.42 Å². The van der Waals surface area contributed by atoms with Gasteiger partial charge in [-0.25, -0.2) is 0 Å². The number of hydrogen-bond donors (Lipinski definition) is 0. The van der Waals surface area contributed by atoms with E-state index in [1.54, 1.807) is 0 Å². The third-order valence-electron chi connectivity index (χ3n) is 3.94. The smallest absolute Gasteiger partial charge is 0.119 e. The summed E-state index contributed by atoms with van der Waals surface area (Å²) in [6, 6.07) is 0. The molecule has 2 atom stereocenters. The van der Waals surface area contributed by atoms with Gasteiger partial charge < -0.3 is 4.79 Å². The van der Waals surface area contributed by atoms with Gasteiger partial charge in [-0.15, -0.1) is 0 Å². The second kappa shape index (κ2) is 4.29. The molecule has 0 saturated heterocycles. The highest BCUT2D eigenvalue weighted by Gasteiger charge is 2.47. The minimum absolute atomic E-state index is 0.475. The summed E-state index contributed by atoms with van der Waals surface area (Å²) < 4.78 is 0. The molecular formula is C13H22O. The van der Waals surface area contributed by atoms with E-state index in [2.05, 4.69) is 20.4 Å². The number of carbonyl (C=O) groups excluding carboxylic acids is 1. The Balaban J connectivity index is 0.000000213. The van der Waals surface area contributed by atoms with Crippen LogP contribution in [0.15, 0.2) is 12.2 Å². The Morgan fingerprint density at radius 1 is 1.50 bits per heavy atom. The Morgan fingerprint density at radius 3 is 2.29 bits per heavy atom. The third kappa shape index (κ3) is 1.92. The molecule has 2 saturated carbocycles. The van der Waals surface area contributed by atoms with Crippen LogP contribution in [0, 0.1) is 17.3 Å². The van der Waals surface area contributed by atoms with Gasteiger partial charge in [0.25, 0.3) is 0 Å². The predicted octanol–water partition coefficient (Wildman–Crippen LogP) is 3.59. The topological polar surface area (TPSA) is 17.1 Å². The standard InChI is InChI=1S/C10H16.C3H6O/c1-7-8-4-5-9(6-8)10(7,2)3;1-2-3-4/h8-9H,1,4-6H2,2-3H3;3H,2H2,1H3. The molecule has 0 aromatic carbocycles. The lowest BCUT2D eigenvalue weighted by Gasteiger charge is -2.31. The zero-order chi connectivity index (χ0) is 10.8. The van der Waals surface area contributed by atoms with E-state index >= 15 is 0 Å². The lowest BCUT2D eigenvalue weighted by atomic mass is 9.73. The van der Waals surface area contributed by atoms with Gasteiger partial charge in [0.2, 0.25) is 0 Å². The first-order chi connectivity index (χ1) is 6.54. The normalized spacial score (nSPS) is 32.4. The van der Waals surface area contributed by atoms with E-state index in [0.29, 0.717) is 11.8 Å². The molecule has 0 aliphatic heterocycles. The van der Waals surface area contributed by atoms with Crippen molar-refractivity contribution in [3.8, 4) is 0 Å². The predicted molar refractivity (Wildman–Crippen MR) is 60.1 cm³/mol. The van der Waals surface area contributed by atoms with Gasteiger partial charge in [-0.05, 0) is 36.5 Å². The third-order valence-corrected chi connectivity index (χ3v) is 3.94. The van der Waals surface area contributed by atoms with Crippen LogP contribution in [0.1, 0.15) is 46.5 Å². The van der Waals surface area contributed by atoms with E-state index in [9.17, 15) is 4.79 Å². The van der Waals surface area contributed by atoms with Gasteiger partial charge in [0.1, 0.15) is 6.29 Å². The minimum atomic E-state index is 0.475. The molecule has 2 unspecified atom stereocenters. The molecule has 80 valence electrons. The second-order valence-corrected chi connectivity index (χ2v) is 5.03. The van der Waals surface area contributed by atoms with Crippen molar-refractivity contribution in [2.24, 2.45) is 17.3 Å². The van der Waals surface area contributed by atoms with Crippen LogP contribution >= 0.6 is 0 Å². The molecule has 2 fully saturated rings. The van der Waals surface area contributed by atoms with E-state index in [1.165, 1.54) is 24.8 Å². The zero-order valence-corrected chi connectivity index (χ0v) is 9.68. The molecule has 0 spiro atoms. The fourth-order valence-electron chi connectivity index (χ4n) is 2.74. The van der Waals surface area contributed by atoms with Gasteiger partial charge in [0.05, 0.1) is 0 Å². The average Bonchev–Trinajstić information content (AvgIpc) is 2.71. The maximum absolute atomic E-state index is 9.17. The Bertz CT molecular complexity index is 227. The average molecular weight is 194 g/mol. The van der Waals surface area contributed by atoms with Gasteiger partial charge in [-0.1, -0.05) is 32.9 Å². The summed E-state index contributed by atoms with van der Waals surface area (Å²) in [5.41, 5.74) is 2.01. The molecule has 2 aliphatic rings. The molecule has 0 amide bonds. The van der Waals surface area contributed by atoms with Crippen molar-refractivity contribution in [1.82, 2.24) is 0 Å². The van der Waals surface area contributed by atoms with Gasteiger partial charge >= 0.3 is 0 Å². The van der Waals surface area contributed by atoms with Crippen LogP contribution in [0.3, 0.4) is 0 Å². The Morgan fingerprint density at radius 2 is 2.07 bits per heavy atom. The quantitative estimate of drug-likeness (QED) is 0.460. The van der Waals surface area contributed by atoms with Crippen molar-refractivity contribution >= 4 is 6.29 Å². The van der Waals surface area contributed by atoms with Crippen molar-refractivity contribution < 1.29 is 4.79 Å². The van der Waals surface area contributed by atoms with Crippen LogP contribution in [-0.4, -0.2) is 6.29 Å². The maximum Gasteiger partial charge on any atom is 0.119 e. The minimum Gasteiger partial charge on any atom is -0.303 e. The Labute approximate surface area is 87.6 Å². The number of carbonyl (C=O) groups is 1. The highest BCUT2D eigenvalue weighted by Crippen LogP contribution is 2.58. The van der Waals surface area contributed by atoms with Crippen LogP contribution in [-0.2, 0) is 4.79 Å². The molecule has 0 aromatic heterocycles. The monoisotopic (exact) mass is 194 g/mol. The SMILES string of the molecule is C=C1C2CCC(C2)C1(C)C.CCC=O. The van der Waals surface area contributed by atoms with Crippen molar-refractivity contribution in [3.05, 3.63) is 12.2 Å². The number of hydrogen-bond acceptors (Lipinski definition) is 1. The van der Waals surface area contributed by atoms with Crippen LogP contribution < -0.4 is 0 Å². The van der Waals surface area contributed by atoms with Crippen molar-refractivity contribution in [2.45, 2.75) is 46.5 Å². The van der Waals surface area contributed by atoms with Crippen LogP contribution in [0.25, 0.3) is 0 Å². The molecule has 14 heavy (non-hydrogen) atoms. The fraction of sp³-hybridized carbons (Fsp3) is 0.769. The highest BCUT2D eigenvalue weighted by atomic mass is 16.1.